The summed E-state index contributed by atoms with van der Waals surface area (Å²) in [5.74, 6) is 0.264. The minimum atomic E-state index is -0.400. The van der Waals surface area contributed by atoms with E-state index in [4.69, 9.17) is 0 Å². The van der Waals surface area contributed by atoms with Crippen LogP contribution in [0.15, 0.2) is 29.7 Å². The fourth-order valence-electron chi connectivity index (χ4n) is 0.297. The van der Waals surface area contributed by atoms with Gasteiger partial charge in [-0.05, 0) is 13.0 Å². The Morgan fingerprint density at radius 1 is 1.70 bits per heavy atom. The number of aliphatic imine (C=N–C) groups is 1. The molecule has 0 rings (SSSR count). The molecule has 56 valence electrons. The second kappa shape index (κ2) is 4.73. The number of hydrogen-bond acceptors (Lipinski definition) is 1. The Labute approximate surface area is 60.2 Å². The van der Waals surface area contributed by atoms with Crippen LogP contribution in [0.1, 0.15) is 6.92 Å². The van der Waals surface area contributed by atoms with Gasteiger partial charge in [0.25, 0.3) is 0 Å². The topological polar surface area (TPSA) is 24.4 Å². The van der Waals surface area contributed by atoms with Crippen LogP contribution in [-0.4, -0.2) is 12.9 Å². The molecule has 1 N–H and O–H groups in total. The van der Waals surface area contributed by atoms with Gasteiger partial charge in [-0.15, -0.1) is 0 Å². The van der Waals surface area contributed by atoms with Gasteiger partial charge in [0, 0.05) is 13.2 Å². The molecule has 0 spiro atoms. The Balaban J connectivity index is 3.83. The minimum Gasteiger partial charge on any atom is -0.348 e. The van der Waals surface area contributed by atoms with Crippen molar-refractivity contribution < 1.29 is 4.39 Å². The predicted octanol–water partition coefficient (Wildman–Crippen LogP) is 1.62. The van der Waals surface area contributed by atoms with Gasteiger partial charge in [-0.3, -0.25) is 4.99 Å². The zero-order valence-corrected chi connectivity index (χ0v) is 6.19. The lowest BCUT2D eigenvalue weighted by atomic mass is 10.5. The van der Waals surface area contributed by atoms with Crippen LogP contribution < -0.4 is 5.32 Å². The fourth-order valence-corrected chi connectivity index (χ4v) is 0.297. The molecule has 0 aromatic carbocycles. The van der Waals surface area contributed by atoms with Crippen molar-refractivity contribution in [2.24, 2.45) is 4.99 Å². The van der Waals surface area contributed by atoms with E-state index >= 15 is 0 Å². The van der Waals surface area contributed by atoms with Crippen molar-refractivity contribution >= 4 is 5.84 Å². The molecule has 0 aromatic heterocycles. The highest BCUT2D eigenvalue weighted by Gasteiger charge is 1.84. The lowest BCUT2D eigenvalue weighted by Gasteiger charge is -1.95. The highest BCUT2D eigenvalue weighted by molar-refractivity contribution is 5.80. The molecule has 0 aliphatic carbocycles. The van der Waals surface area contributed by atoms with Gasteiger partial charge in [0.05, 0.1) is 5.84 Å². The molecule has 10 heavy (non-hydrogen) atoms. The van der Waals surface area contributed by atoms with E-state index in [-0.39, 0.29) is 0 Å². The summed E-state index contributed by atoms with van der Waals surface area (Å²) in [5, 5.41) is 2.62. The molecule has 0 heterocycles. The van der Waals surface area contributed by atoms with E-state index in [1.165, 1.54) is 6.20 Å². The molecule has 3 heteroatoms. The number of hydrogen-bond donors (Lipinski definition) is 1. The molecular weight excluding hydrogens is 131 g/mol. The third kappa shape index (κ3) is 3.83. The quantitative estimate of drug-likeness (QED) is 0.353. The Morgan fingerprint density at radius 2 is 2.30 bits per heavy atom. The van der Waals surface area contributed by atoms with Crippen molar-refractivity contribution in [3.05, 3.63) is 24.7 Å². The molecule has 0 aromatic rings. The molecular formula is C7H11FN2. The minimum absolute atomic E-state index is 0.400. The molecule has 0 unspecified atom stereocenters. The molecule has 0 aliphatic heterocycles. The lowest BCUT2D eigenvalue weighted by Crippen LogP contribution is -2.12. The number of amidine groups is 1. The molecule has 0 bridgehead atoms. The molecule has 0 atom stereocenters. The van der Waals surface area contributed by atoms with E-state index in [2.05, 4.69) is 16.9 Å². The molecule has 2 nitrogen and oxygen atoms in total. The molecule has 0 aliphatic rings. The van der Waals surface area contributed by atoms with E-state index in [9.17, 15) is 4.39 Å². The van der Waals surface area contributed by atoms with Crippen molar-refractivity contribution in [2.45, 2.75) is 6.92 Å². The summed E-state index contributed by atoms with van der Waals surface area (Å²) in [6.45, 7) is 4.98. The average molecular weight is 142 g/mol. The number of allylic oxidation sites excluding steroid dienone is 2. The fraction of sp³-hybridized carbons (Fsp3) is 0.286. The second-order valence-electron chi connectivity index (χ2n) is 1.69. The maximum atomic E-state index is 12.3. The van der Waals surface area contributed by atoms with E-state index in [1.807, 2.05) is 0 Å². The molecule has 0 saturated heterocycles. The van der Waals surface area contributed by atoms with Crippen molar-refractivity contribution in [3.63, 3.8) is 0 Å². The maximum Gasteiger partial charge on any atom is 0.138 e. The zero-order chi connectivity index (χ0) is 7.98. The lowest BCUT2D eigenvalue weighted by molar-refractivity contribution is 0.661. The second-order valence-corrected chi connectivity index (χ2v) is 1.69. The van der Waals surface area contributed by atoms with Gasteiger partial charge in [0.15, 0.2) is 0 Å². The van der Waals surface area contributed by atoms with Gasteiger partial charge >= 0.3 is 0 Å². The largest absolute Gasteiger partial charge is 0.348 e. The van der Waals surface area contributed by atoms with Gasteiger partial charge in [-0.1, -0.05) is 6.58 Å². The van der Waals surface area contributed by atoms with Crippen LogP contribution >= 0.6 is 0 Å². The monoisotopic (exact) mass is 142 g/mol. The summed E-state index contributed by atoms with van der Waals surface area (Å²) in [6.07, 6.45) is 2.32. The van der Waals surface area contributed by atoms with E-state index in [1.54, 1.807) is 14.0 Å². The summed E-state index contributed by atoms with van der Waals surface area (Å²) >= 11 is 0. The maximum absolute atomic E-state index is 12.3. The van der Waals surface area contributed by atoms with Crippen LogP contribution in [0.2, 0.25) is 0 Å². The van der Waals surface area contributed by atoms with Crippen LogP contribution in [-0.2, 0) is 0 Å². The van der Waals surface area contributed by atoms with Crippen molar-refractivity contribution in [1.29, 1.82) is 0 Å². The number of halogens is 1. The highest BCUT2D eigenvalue weighted by Crippen LogP contribution is 1.92. The van der Waals surface area contributed by atoms with Crippen molar-refractivity contribution in [2.75, 3.05) is 7.05 Å². The summed E-state index contributed by atoms with van der Waals surface area (Å²) in [7, 11) is 1.63. The Morgan fingerprint density at radius 3 is 2.70 bits per heavy atom. The number of nitrogens with zero attached hydrogens (tertiary/aromatic N) is 1. The van der Waals surface area contributed by atoms with Crippen LogP contribution in [0, 0.1) is 0 Å². The van der Waals surface area contributed by atoms with E-state index in [0.717, 1.165) is 6.08 Å². The van der Waals surface area contributed by atoms with Gasteiger partial charge in [-0.2, -0.15) is 0 Å². The first kappa shape index (κ1) is 8.88. The molecule has 0 fully saturated rings. The van der Waals surface area contributed by atoms with Crippen LogP contribution in [0.4, 0.5) is 4.39 Å². The molecule has 0 amide bonds. The van der Waals surface area contributed by atoms with Crippen LogP contribution in [0.3, 0.4) is 0 Å². The summed E-state index contributed by atoms with van der Waals surface area (Å²) in [4.78, 5) is 3.75. The molecule has 0 saturated carbocycles. The summed E-state index contributed by atoms with van der Waals surface area (Å²) in [6, 6.07) is 0. The summed E-state index contributed by atoms with van der Waals surface area (Å²) in [5.41, 5.74) is 0. The third-order valence-corrected chi connectivity index (χ3v) is 0.949. The average Bonchev–Trinajstić information content (AvgIpc) is 1.99. The van der Waals surface area contributed by atoms with E-state index in [0.29, 0.717) is 5.84 Å². The highest BCUT2D eigenvalue weighted by atomic mass is 19.1. The van der Waals surface area contributed by atoms with Gasteiger partial charge in [0.1, 0.15) is 5.83 Å². The number of nitrogens with one attached hydrogen (secondary N) is 1. The Hall–Kier alpha value is -1.12. The first-order valence-corrected chi connectivity index (χ1v) is 2.88. The Kier molecular flexibility index (Phi) is 4.20. The van der Waals surface area contributed by atoms with Crippen molar-refractivity contribution in [1.82, 2.24) is 5.32 Å². The number of rotatable bonds is 2. The first-order valence-electron chi connectivity index (χ1n) is 2.88. The van der Waals surface area contributed by atoms with Crippen LogP contribution in [0.25, 0.3) is 0 Å². The van der Waals surface area contributed by atoms with E-state index < -0.39 is 5.83 Å². The molecule has 0 radical (unpaired) electrons. The Bertz CT molecular complexity index is 170. The standard InChI is InChI=1S/C7H11FN2/c1-4-7(8)5-10-6(2)9-3/h4-5H,1H2,2-3H3,(H,9,10)/b7-5+. The first-order chi connectivity index (χ1) is 4.70. The third-order valence-electron chi connectivity index (χ3n) is 0.949. The van der Waals surface area contributed by atoms with Crippen LogP contribution in [0.5, 0.6) is 0 Å². The van der Waals surface area contributed by atoms with Crippen molar-refractivity contribution in [3.8, 4) is 0 Å². The summed E-state index contributed by atoms with van der Waals surface area (Å²) < 4.78 is 12.3. The zero-order valence-electron chi connectivity index (χ0n) is 6.19. The smallest absolute Gasteiger partial charge is 0.138 e. The SMILES string of the molecule is C=C/C(F)=C\NC(C)=NC. The predicted molar refractivity (Wildman–Crippen MR) is 41.6 cm³/mol. The van der Waals surface area contributed by atoms with Gasteiger partial charge < -0.3 is 5.32 Å². The van der Waals surface area contributed by atoms with Gasteiger partial charge in [0.2, 0.25) is 0 Å². The van der Waals surface area contributed by atoms with Gasteiger partial charge in [-0.25, -0.2) is 4.39 Å². The normalized spacial score (nSPS) is 13.1.